The van der Waals surface area contributed by atoms with Gasteiger partial charge in [0.05, 0.1) is 11.3 Å². The SMILES string of the molecule is Cc1cc(NCCCS(N)(=O)=O)c(C(N)=S)c(C)n1. The van der Waals surface area contributed by atoms with Crippen molar-refractivity contribution in [2.24, 2.45) is 10.9 Å². The highest BCUT2D eigenvalue weighted by Crippen LogP contribution is 2.19. The van der Waals surface area contributed by atoms with E-state index in [1.807, 2.05) is 19.9 Å². The second-order valence-corrected chi connectivity index (χ2v) is 6.46. The number of nitrogens with one attached hydrogen (secondary N) is 1. The molecule has 1 rings (SSSR count). The summed E-state index contributed by atoms with van der Waals surface area (Å²) in [6.07, 6.45) is 0.413. The zero-order valence-corrected chi connectivity index (χ0v) is 12.6. The van der Waals surface area contributed by atoms with Gasteiger partial charge >= 0.3 is 0 Å². The Kier molecular flexibility index (Phi) is 5.21. The maximum absolute atomic E-state index is 10.8. The minimum absolute atomic E-state index is 0.0640. The highest BCUT2D eigenvalue weighted by atomic mass is 32.2. The number of thiocarbonyl (C=S) groups is 1. The first-order valence-corrected chi connectivity index (χ1v) is 7.85. The normalized spacial score (nSPS) is 11.3. The van der Waals surface area contributed by atoms with Crippen molar-refractivity contribution >= 4 is 32.9 Å². The lowest BCUT2D eigenvalue weighted by atomic mass is 10.1. The molecule has 0 saturated heterocycles. The van der Waals surface area contributed by atoms with Crippen LogP contribution < -0.4 is 16.2 Å². The predicted molar refractivity (Wildman–Crippen MR) is 80.7 cm³/mol. The average molecular weight is 302 g/mol. The molecule has 0 saturated carbocycles. The summed E-state index contributed by atoms with van der Waals surface area (Å²) in [6, 6.07) is 1.83. The van der Waals surface area contributed by atoms with Crippen LogP contribution in [0.3, 0.4) is 0 Å². The van der Waals surface area contributed by atoms with Crippen LogP contribution in [0.1, 0.15) is 23.4 Å². The van der Waals surface area contributed by atoms with Crippen molar-refractivity contribution in [1.29, 1.82) is 0 Å². The molecule has 0 unspecified atom stereocenters. The number of pyridine rings is 1. The smallest absolute Gasteiger partial charge is 0.209 e. The summed E-state index contributed by atoms with van der Waals surface area (Å²) in [6.45, 7) is 4.16. The van der Waals surface area contributed by atoms with E-state index in [2.05, 4.69) is 10.3 Å². The van der Waals surface area contributed by atoms with Crippen molar-refractivity contribution in [1.82, 2.24) is 4.98 Å². The van der Waals surface area contributed by atoms with Crippen LogP contribution in [-0.4, -0.2) is 30.7 Å². The molecule has 0 aliphatic carbocycles. The first kappa shape index (κ1) is 15.8. The van der Waals surface area contributed by atoms with Crippen molar-refractivity contribution in [2.75, 3.05) is 17.6 Å². The molecule has 0 aliphatic rings. The van der Waals surface area contributed by atoms with Gasteiger partial charge in [-0.3, -0.25) is 4.98 Å². The number of sulfonamides is 1. The van der Waals surface area contributed by atoms with Crippen LogP contribution in [0.4, 0.5) is 5.69 Å². The number of hydrogen-bond acceptors (Lipinski definition) is 5. The van der Waals surface area contributed by atoms with E-state index in [1.54, 1.807) is 0 Å². The summed E-state index contributed by atoms with van der Waals surface area (Å²) in [5.41, 5.74) is 8.73. The first-order valence-electron chi connectivity index (χ1n) is 5.73. The molecule has 0 bridgehead atoms. The summed E-state index contributed by atoms with van der Waals surface area (Å²) >= 11 is 5.00. The van der Waals surface area contributed by atoms with Crippen LogP contribution in [0.5, 0.6) is 0 Å². The van der Waals surface area contributed by atoms with E-state index in [-0.39, 0.29) is 10.7 Å². The molecule has 0 amide bonds. The molecule has 8 heteroatoms. The molecular weight excluding hydrogens is 284 g/mol. The van der Waals surface area contributed by atoms with E-state index in [0.717, 1.165) is 17.1 Å². The van der Waals surface area contributed by atoms with Crippen molar-refractivity contribution in [3.05, 3.63) is 23.0 Å². The van der Waals surface area contributed by atoms with Gasteiger partial charge in [0.2, 0.25) is 10.0 Å². The number of anilines is 1. The molecule has 0 fully saturated rings. The Morgan fingerprint density at radius 3 is 2.63 bits per heavy atom. The maximum Gasteiger partial charge on any atom is 0.209 e. The van der Waals surface area contributed by atoms with Crippen molar-refractivity contribution in [2.45, 2.75) is 20.3 Å². The van der Waals surface area contributed by atoms with Gasteiger partial charge < -0.3 is 11.1 Å². The van der Waals surface area contributed by atoms with Gasteiger partial charge in [0.25, 0.3) is 0 Å². The monoisotopic (exact) mass is 302 g/mol. The summed E-state index contributed by atoms with van der Waals surface area (Å²) in [7, 11) is -3.42. The molecule has 6 nitrogen and oxygen atoms in total. The fourth-order valence-electron chi connectivity index (χ4n) is 1.78. The van der Waals surface area contributed by atoms with E-state index >= 15 is 0 Å². The van der Waals surface area contributed by atoms with Gasteiger partial charge in [0.1, 0.15) is 4.99 Å². The molecule has 0 radical (unpaired) electrons. The fourth-order valence-corrected chi connectivity index (χ4v) is 2.58. The van der Waals surface area contributed by atoms with Crippen LogP contribution in [0.25, 0.3) is 0 Å². The molecule has 0 spiro atoms. The van der Waals surface area contributed by atoms with Gasteiger partial charge in [-0.1, -0.05) is 12.2 Å². The minimum Gasteiger partial charge on any atom is -0.389 e. The third-order valence-electron chi connectivity index (χ3n) is 2.50. The van der Waals surface area contributed by atoms with Crippen LogP contribution in [0.15, 0.2) is 6.07 Å². The van der Waals surface area contributed by atoms with Gasteiger partial charge in [-0.05, 0) is 26.3 Å². The van der Waals surface area contributed by atoms with E-state index < -0.39 is 10.0 Å². The van der Waals surface area contributed by atoms with E-state index in [4.69, 9.17) is 23.1 Å². The zero-order valence-electron chi connectivity index (χ0n) is 10.9. The zero-order chi connectivity index (χ0) is 14.6. The number of primary sulfonamides is 1. The van der Waals surface area contributed by atoms with Crippen LogP contribution in [-0.2, 0) is 10.0 Å². The molecule has 1 heterocycles. The van der Waals surface area contributed by atoms with Crippen LogP contribution in [0.2, 0.25) is 0 Å². The van der Waals surface area contributed by atoms with Crippen LogP contribution >= 0.6 is 12.2 Å². The number of nitrogens with two attached hydrogens (primary N) is 2. The fraction of sp³-hybridized carbons (Fsp3) is 0.455. The first-order chi connectivity index (χ1) is 8.70. The molecule has 1 aromatic rings. The molecule has 5 N–H and O–H groups in total. The lowest BCUT2D eigenvalue weighted by Gasteiger charge is -2.14. The summed E-state index contributed by atoms with van der Waals surface area (Å²) in [5, 5.41) is 8.06. The average Bonchev–Trinajstić information content (AvgIpc) is 2.21. The molecule has 0 aromatic carbocycles. The lowest BCUT2D eigenvalue weighted by molar-refractivity contribution is 0.596. The molecule has 19 heavy (non-hydrogen) atoms. The minimum atomic E-state index is -3.42. The molecule has 0 aliphatic heterocycles. The van der Waals surface area contributed by atoms with Gasteiger partial charge in [-0.15, -0.1) is 0 Å². The lowest BCUT2D eigenvalue weighted by Crippen LogP contribution is -2.20. The number of aryl methyl sites for hydroxylation is 2. The van der Waals surface area contributed by atoms with Gasteiger partial charge in [0, 0.05) is 23.6 Å². The van der Waals surface area contributed by atoms with Gasteiger partial charge in [0.15, 0.2) is 0 Å². The summed E-state index contributed by atoms with van der Waals surface area (Å²) in [4.78, 5) is 4.56. The quantitative estimate of drug-likeness (QED) is 0.519. The second-order valence-electron chi connectivity index (χ2n) is 4.28. The van der Waals surface area contributed by atoms with Gasteiger partial charge in [-0.2, -0.15) is 0 Å². The van der Waals surface area contributed by atoms with Crippen molar-refractivity contribution in [3.8, 4) is 0 Å². The Bertz CT molecular complexity index is 585. The Hall–Kier alpha value is -1.25. The highest BCUT2D eigenvalue weighted by molar-refractivity contribution is 7.89. The van der Waals surface area contributed by atoms with Crippen molar-refractivity contribution < 1.29 is 8.42 Å². The third kappa shape index (κ3) is 5.09. The standard InChI is InChI=1S/C11H18N4O2S2/c1-7-6-9(10(11(12)18)8(2)15-7)14-4-3-5-19(13,16)17/h6H,3-5H2,1-2H3,(H2,12,18)(H,14,15)(H2,13,16,17). The molecule has 106 valence electrons. The van der Waals surface area contributed by atoms with E-state index in [1.165, 1.54) is 0 Å². The summed E-state index contributed by atoms with van der Waals surface area (Å²) < 4.78 is 21.7. The van der Waals surface area contributed by atoms with Crippen LogP contribution in [0, 0.1) is 13.8 Å². The number of nitrogens with zero attached hydrogens (tertiary/aromatic N) is 1. The Morgan fingerprint density at radius 1 is 1.47 bits per heavy atom. The Balaban J connectivity index is 2.80. The molecule has 1 aromatic heterocycles. The maximum atomic E-state index is 10.8. The summed E-state index contributed by atoms with van der Waals surface area (Å²) in [5.74, 6) is -0.0640. The number of rotatable bonds is 6. The van der Waals surface area contributed by atoms with E-state index in [0.29, 0.717) is 18.5 Å². The van der Waals surface area contributed by atoms with Gasteiger partial charge in [-0.25, -0.2) is 13.6 Å². The topological polar surface area (TPSA) is 111 Å². The highest BCUT2D eigenvalue weighted by Gasteiger charge is 2.11. The van der Waals surface area contributed by atoms with E-state index in [9.17, 15) is 8.42 Å². The molecular formula is C11H18N4O2S2. The Labute approximate surface area is 118 Å². The largest absolute Gasteiger partial charge is 0.389 e. The Morgan fingerprint density at radius 2 is 2.11 bits per heavy atom. The third-order valence-corrected chi connectivity index (χ3v) is 3.56. The van der Waals surface area contributed by atoms with Crippen molar-refractivity contribution in [3.63, 3.8) is 0 Å². The number of aromatic nitrogens is 1. The number of hydrogen-bond donors (Lipinski definition) is 3. The predicted octanol–water partition coefficient (Wildman–Crippen LogP) is 0.423. The second kappa shape index (κ2) is 6.27. The molecule has 0 atom stereocenters.